The number of rotatable bonds is 13. The Labute approximate surface area is 219 Å². The van der Waals surface area contributed by atoms with Crippen LogP contribution in [0.1, 0.15) is 81.4 Å². The highest BCUT2D eigenvalue weighted by Gasteiger charge is 2.14. The molecule has 0 aromatic heterocycles. The lowest BCUT2D eigenvalue weighted by Crippen LogP contribution is -2.32. The van der Waals surface area contributed by atoms with Crippen molar-refractivity contribution in [1.82, 2.24) is 5.32 Å². The lowest BCUT2D eigenvalue weighted by atomic mass is 10.1. The van der Waals surface area contributed by atoms with E-state index >= 15 is 0 Å². The van der Waals surface area contributed by atoms with Gasteiger partial charge in [-0.25, -0.2) is 4.79 Å². The van der Waals surface area contributed by atoms with Gasteiger partial charge in [0.2, 0.25) is 0 Å². The van der Waals surface area contributed by atoms with Crippen LogP contribution in [0.15, 0.2) is 42.5 Å². The number of amides is 1. The molecule has 0 heterocycles. The fraction of sp³-hybridized carbons (Fsp3) is 0.448. The van der Waals surface area contributed by atoms with Crippen LogP contribution in [0.3, 0.4) is 0 Å². The summed E-state index contributed by atoms with van der Waals surface area (Å²) >= 11 is 11.9. The molecule has 4 nitrogen and oxygen atoms in total. The minimum atomic E-state index is -0.909. The smallest absolute Gasteiger partial charge is 0.396 e. The number of benzene rings is 2. The van der Waals surface area contributed by atoms with Crippen LogP contribution >= 0.6 is 23.2 Å². The molecule has 2 aromatic carbocycles. The van der Waals surface area contributed by atoms with Crippen LogP contribution in [0.25, 0.3) is 0 Å². The maximum absolute atomic E-state index is 12.0. The lowest BCUT2D eigenvalue weighted by molar-refractivity contribution is -0.154. The molecular weight excluding hydrogens is 481 g/mol. The van der Waals surface area contributed by atoms with Gasteiger partial charge in [-0.2, -0.15) is 0 Å². The van der Waals surface area contributed by atoms with E-state index in [1.54, 1.807) is 18.2 Å². The van der Waals surface area contributed by atoms with E-state index in [-0.39, 0.29) is 13.2 Å². The molecule has 0 aliphatic carbocycles. The predicted molar refractivity (Wildman–Crippen MR) is 144 cm³/mol. The van der Waals surface area contributed by atoms with Crippen molar-refractivity contribution in [3.05, 3.63) is 69.2 Å². The molecule has 0 aliphatic heterocycles. The molecule has 2 aromatic rings. The first-order valence-corrected chi connectivity index (χ1v) is 13.2. The second-order valence-corrected chi connectivity index (χ2v) is 9.36. The van der Waals surface area contributed by atoms with Crippen molar-refractivity contribution in [3.63, 3.8) is 0 Å². The van der Waals surface area contributed by atoms with Crippen molar-refractivity contribution >= 4 is 35.1 Å². The summed E-state index contributed by atoms with van der Waals surface area (Å²) in [6.07, 6.45) is 11.8. The normalized spacial score (nSPS) is 10.4. The Morgan fingerprint density at radius 1 is 0.857 bits per heavy atom. The van der Waals surface area contributed by atoms with Gasteiger partial charge in [-0.15, -0.1) is 0 Å². The molecule has 2 rings (SSSR count). The van der Waals surface area contributed by atoms with Crippen molar-refractivity contribution in [2.45, 2.75) is 77.7 Å². The summed E-state index contributed by atoms with van der Waals surface area (Å²) in [6, 6.07) is 12.8. The van der Waals surface area contributed by atoms with Crippen LogP contribution in [0.4, 0.5) is 0 Å². The number of hydrogen-bond donors (Lipinski definition) is 1. The SMILES string of the molecule is CCCCCCCCCCC#Cc1ccc(CNC(=O)C(=O)OCCc2ccc(Cl)c(Cl)c2)cc1. The third-order valence-electron chi connectivity index (χ3n) is 5.59. The van der Waals surface area contributed by atoms with Crippen LogP contribution < -0.4 is 5.32 Å². The largest absolute Gasteiger partial charge is 0.458 e. The highest BCUT2D eigenvalue weighted by Crippen LogP contribution is 2.22. The number of halogens is 2. The van der Waals surface area contributed by atoms with E-state index in [2.05, 4.69) is 24.1 Å². The van der Waals surface area contributed by atoms with Gasteiger partial charge in [0.15, 0.2) is 0 Å². The van der Waals surface area contributed by atoms with Gasteiger partial charge in [0, 0.05) is 24.9 Å². The summed E-state index contributed by atoms with van der Waals surface area (Å²) in [5, 5.41) is 3.49. The summed E-state index contributed by atoms with van der Waals surface area (Å²) in [6.45, 7) is 2.57. The first-order valence-electron chi connectivity index (χ1n) is 12.5. The number of nitrogens with one attached hydrogen (secondary N) is 1. The minimum Gasteiger partial charge on any atom is -0.458 e. The van der Waals surface area contributed by atoms with Gasteiger partial charge < -0.3 is 10.1 Å². The number of hydrogen-bond acceptors (Lipinski definition) is 3. The van der Waals surface area contributed by atoms with Crippen molar-refractivity contribution in [2.24, 2.45) is 0 Å². The van der Waals surface area contributed by atoms with E-state index in [4.69, 9.17) is 27.9 Å². The van der Waals surface area contributed by atoms with E-state index in [0.29, 0.717) is 16.5 Å². The minimum absolute atomic E-state index is 0.0799. The Morgan fingerprint density at radius 3 is 2.20 bits per heavy atom. The first-order chi connectivity index (χ1) is 17.0. The molecule has 0 radical (unpaired) electrons. The van der Waals surface area contributed by atoms with Crippen LogP contribution in [0, 0.1) is 11.8 Å². The second-order valence-electron chi connectivity index (χ2n) is 8.54. The van der Waals surface area contributed by atoms with E-state index in [1.165, 1.54) is 44.9 Å². The second kappa shape index (κ2) is 17.0. The van der Waals surface area contributed by atoms with Crippen molar-refractivity contribution in [1.29, 1.82) is 0 Å². The Bertz CT molecular complexity index is 993. The van der Waals surface area contributed by atoms with E-state index < -0.39 is 11.9 Å². The summed E-state index contributed by atoms with van der Waals surface area (Å²) in [4.78, 5) is 23.9. The van der Waals surface area contributed by atoms with Crippen LogP contribution in [-0.4, -0.2) is 18.5 Å². The van der Waals surface area contributed by atoms with Crippen molar-refractivity contribution in [3.8, 4) is 11.8 Å². The molecule has 0 saturated carbocycles. The fourth-order valence-electron chi connectivity index (χ4n) is 3.49. The molecule has 188 valence electrons. The maximum Gasteiger partial charge on any atom is 0.396 e. The van der Waals surface area contributed by atoms with Gasteiger partial charge in [-0.3, -0.25) is 4.79 Å². The van der Waals surface area contributed by atoms with Gasteiger partial charge >= 0.3 is 11.9 Å². The monoisotopic (exact) mass is 515 g/mol. The third kappa shape index (κ3) is 12.2. The van der Waals surface area contributed by atoms with Crippen LogP contribution in [0.2, 0.25) is 10.0 Å². The molecule has 0 saturated heterocycles. The molecule has 1 N–H and O–H groups in total. The molecule has 0 unspecified atom stereocenters. The van der Waals surface area contributed by atoms with E-state index in [1.807, 2.05) is 24.3 Å². The quantitative estimate of drug-likeness (QED) is 0.132. The molecule has 1 amide bonds. The predicted octanol–water partition coefficient (Wildman–Crippen LogP) is 7.28. The molecule has 0 atom stereocenters. The highest BCUT2D eigenvalue weighted by molar-refractivity contribution is 6.42. The topological polar surface area (TPSA) is 55.4 Å². The maximum atomic E-state index is 12.0. The van der Waals surface area contributed by atoms with Crippen molar-refractivity contribution < 1.29 is 14.3 Å². The zero-order valence-corrected chi connectivity index (χ0v) is 22.0. The average molecular weight is 517 g/mol. The zero-order chi connectivity index (χ0) is 25.3. The van der Waals surface area contributed by atoms with Crippen LogP contribution in [-0.2, 0) is 27.3 Å². The van der Waals surface area contributed by atoms with Gasteiger partial charge in [-0.05, 0) is 41.8 Å². The molecule has 0 spiro atoms. The summed E-state index contributed by atoms with van der Waals surface area (Å²) < 4.78 is 5.04. The number of carbonyl (C=O) groups excluding carboxylic acids is 2. The van der Waals surface area contributed by atoms with Crippen LogP contribution in [0.5, 0.6) is 0 Å². The fourth-order valence-corrected chi connectivity index (χ4v) is 3.82. The Hall–Kier alpha value is -2.48. The Morgan fingerprint density at radius 2 is 1.51 bits per heavy atom. The highest BCUT2D eigenvalue weighted by atomic mass is 35.5. The van der Waals surface area contributed by atoms with Gasteiger partial charge in [0.05, 0.1) is 16.7 Å². The van der Waals surface area contributed by atoms with E-state index in [0.717, 1.165) is 29.5 Å². The summed E-state index contributed by atoms with van der Waals surface area (Å²) in [5.41, 5.74) is 2.70. The molecule has 0 bridgehead atoms. The standard InChI is InChI=1S/C29H35Cl2NO3/c1-2-3-4-5-6-7-8-9-10-11-12-23-13-15-25(16-14-23)22-32-28(33)29(34)35-20-19-24-17-18-26(30)27(31)21-24/h13-18,21H,2-10,19-20,22H2,1H3,(H,32,33). The van der Waals surface area contributed by atoms with Crippen molar-refractivity contribution in [2.75, 3.05) is 6.61 Å². The molecule has 0 aliphatic rings. The molecule has 0 fully saturated rings. The number of ether oxygens (including phenoxy) is 1. The van der Waals surface area contributed by atoms with Gasteiger partial charge in [0.1, 0.15) is 0 Å². The zero-order valence-electron chi connectivity index (χ0n) is 20.5. The van der Waals surface area contributed by atoms with Gasteiger partial charge in [-0.1, -0.05) is 105 Å². The molecular formula is C29H35Cl2NO3. The molecule has 35 heavy (non-hydrogen) atoms. The number of unbranched alkanes of at least 4 members (excludes halogenated alkanes) is 8. The Balaban J connectivity index is 1.61. The average Bonchev–Trinajstić information content (AvgIpc) is 2.86. The first kappa shape index (κ1) is 28.8. The lowest BCUT2D eigenvalue weighted by Gasteiger charge is -2.07. The van der Waals surface area contributed by atoms with E-state index in [9.17, 15) is 9.59 Å². The molecule has 6 heteroatoms. The number of carbonyl (C=O) groups is 2. The third-order valence-corrected chi connectivity index (χ3v) is 6.33. The number of esters is 1. The summed E-state index contributed by atoms with van der Waals surface area (Å²) in [7, 11) is 0. The Kier molecular flexibility index (Phi) is 14.0. The van der Waals surface area contributed by atoms with Gasteiger partial charge in [0.25, 0.3) is 0 Å². The summed E-state index contributed by atoms with van der Waals surface area (Å²) in [5.74, 6) is 4.75.